The molecule has 3 N–H and O–H groups in total. The molecule has 0 amide bonds. The SMILES string of the molecule is [O-]N([O-])c1cc(N([O-])O)c(N=C=S)c(N(O)O)c1. The summed E-state index contributed by atoms with van der Waals surface area (Å²) in [6.45, 7) is 0. The highest BCUT2D eigenvalue weighted by molar-refractivity contribution is 7.78. The zero-order valence-corrected chi connectivity index (χ0v) is 9.23. The third-order valence-electron chi connectivity index (χ3n) is 1.84. The van der Waals surface area contributed by atoms with Gasteiger partial charge in [0.05, 0.1) is 10.8 Å². The Balaban J connectivity index is 3.59. The van der Waals surface area contributed by atoms with E-state index in [-0.39, 0.29) is 0 Å². The molecule has 1 rings (SSSR count). The van der Waals surface area contributed by atoms with E-state index in [0.717, 1.165) is 6.07 Å². The number of hydrogen-bond donors (Lipinski definition) is 3. The Morgan fingerprint density at radius 3 is 2.06 bits per heavy atom. The zero-order valence-electron chi connectivity index (χ0n) is 8.42. The van der Waals surface area contributed by atoms with Crippen LogP contribution in [0.3, 0.4) is 0 Å². The van der Waals surface area contributed by atoms with E-state index in [4.69, 9.17) is 15.6 Å². The lowest BCUT2D eigenvalue weighted by molar-refractivity contribution is 0.0295. The molecule has 1 aromatic carbocycles. The van der Waals surface area contributed by atoms with E-state index >= 15 is 0 Å². The first-order valence-corrected chi connectivity index (χ1v) is 4.53. The molecule has 0 aromatic heterocycles. The van der Waals surface area contributed by atoms with Gasteiger partial charge in [-0.1, -0.05) is 0 Å². The highest BCUT2D eigenvalue weighted by Gasteiger charge is 2.14. The summed E-state index contributed by atoms with van der Waals surface area (Å²) in [4.78, 5) is 3.33. The van der Waals surface area contributed by atoms with Crippen LogP contribution in [0.25, 0.3) is 0 Å². The molecule has 1 aromatic rings. The highest BCUT2D eigenvalue weighted by Crippen LogP contribution is 2.40. The molecule has 98 valence electrons. The fraction of sp³-hybridized carbons (Fsp3) is 0. The summed E-state index contributed by atoms with van der Waals surface area (Å²) < 4.78 is 0. The Hall–Kier alpha value is -1.82. The molecule has 0 unspecified atom stereocenters. The van der Waals surface area contributed by atoms with Crippen LogP contribution >= 0.6 is 12.2 Å². The van der Waals surface area contributed by atoms with Crippen LogP contribution in [0, 0.1) is 15.6 Å². The Morgan fingerprint density at radius 1 is 1.11 bits per heavy atom. The van der Waals surface area contributed by atoms with Crippen LogP contribution in [0.4, 0.5) is 22.7 Å². The molecule has 11 heteroatoms. The number of nitrogens with zero attached hydrogens (tertiary/aromatic N) is 4. The molecule has 0 saturated carbocycles. The number of hydrogen-bond acceptors (Lipinski definition) is 11. The largest absolute Gasteiger partial charge is 0.769 e. The third-order valence-corrected chi connectivity index (χ3v) is 1.94. The van der Waals surface area contributed by atoms with Gasteiger partial charge in [0, 0.05) is 5.69 Å². The molecule has 0 atom stereocenters. The van der Waals surface area contributed by atoms with Gasteiger partial charge in [0.15, 0.2) is 0 Å². The van der Waals surface area contributed by atoms with Gasteiger partial charge in [-0.05, 0) is 24.4 Å². The quantitative estimate of drug-likeness (QED) is 0.417. The first-order chi connectivity index (χ1) is 8.38. The van der Waals surface area contributed by atoms with Crippen molar-refractivity contribution in [1.82, 2.24) is 0 Å². The molecule has 0 aliphatic carbocycles. The van der Waals surface area contributed by atoms with Gasteiger partial charge in [0.25, 0.3) is 0 Å². The highest BCUT2D eigenvalue weighted by atomic mass is 32.1. The Morgan fingerprint density at radius 2 is 1.67 bits per heavy atom. The molecule has 0 aliphatic rings. The Kier molecular flexibility index (Phi) is 4.49. The summed E-state index contributed by atoms with van der Waals surface area (Å²) in [5, 5.41) is 58.3. The van der Waals surface area contributed by atoms with E-state index in [1.807, 2.05) is 5.16 Å². The van der Waals surface area contributed by atoms with Gasteiger partial charge >= 0.3 is 0 Å². The average molecular weight is 273 g/mol. The minimum absolute atomic E-state index is 0.488. The lowest BCUT2D eigenvalue weighted by Gasteiger charge is -2.39. The van der Waals surface area contributed by atoms with Crippen molar-refractivity contribution in [2.24, 2.45) is 4.99 Å². The van der Waals surface area contributed by atoms with Crippen LogP contribution in [0.2, 0.25) is 0 Å². The van der Waals surface area contributed by atoms with Gasteiger partial charge in [-0.2, -0.15) is 4.99 Å². The monoisotopic (exact) mass is 273 g/mol. The van der Waals surface area contributed by atoms with E-state index < -0.39 is 38.4 Å². The van der Waals surface area contributed by atoms with E-state index in [2.05, 4.69) is 17.2 Å². The number of benzene rings is 1. The van der Waals surface area contributed by atoms with E-state index in [0.29, 0.717) is 6.07 Å². The summed E-state index contributed by atoms with van der Waals surface area (Å²) in [6.07, 6.45) is 0. The van der Waals surface area contributed by atoms with Crippen molar-refractivity contribution >= 4 is 40.1 Å². The van der Waals surface area contributed by atoms with Crippen molar-refractivity contribution in [2.75, 3.05) is 15.7 Å². The lowest BCUT2D eigenvalue weighted by Crippen LogP contribution is -2.15. The third kappa shape index (κ3) is 2.89. The topological polar surface area (TPSA) is 152 Å². The van der Waals surface area contributed by atoms with Crippen molar-refractivity contribution in [3.63, 3.8) is 0 Å². The van der Waals surface area contributed by atoms with Gasteiger partial charge in [0.1, 0.15) is 11.4 Å². The summed E-state index contributed by atoms with van der Waals surface area (Å²) in [5.41, 5.74) is -2.46. The van der Waals surface area contributed by atoms with Gasteiger partial charge in [-0.25, -0.2) is 0 Å². The number of isothiocyanates is 1. The molecule has 0 radical (unpaired) electrons. The van der Waals surface area contributed by atoms with Crippen molar-refractivity contribution in [3.05, 3.63) is 27.8 Å². The molecule has 18 heavy (non-hydrogen) atoms. The summed E-state index contributed by atoms with van der Waals surface area (Å²) in [7, 11) is 0. The molecule has 0 heterocycles. The predicted molar refractivity (Wildman–Crippen MR) is 64.0 cm³/mol. The maximum absolute atomic E-state index is 10.8. The average Bonchev–Trinajstić information content (AvgIpc) is 2.28. The molecule has 0 bridgehead atoms. The lowest BCUT2D eigenvalue weighted by atomic mass is 10.2. The number of anilines is 3. The molecular formula is C7H5N4O6S-3. The standard InChI is InChI=1S/C7H5N4O6S/c12-9(13)4-1-5(10(14)15)7(8-3-18)6(2-4)11(16)17/h1-2,14-16H/q-3. The van der Waals surface area contributed by atoms with Crippen molar-refractivity contribution in [1.29, 1.82) is 0 Å². The van der Waals surface area contributed by atoms with Gasteiger partial charge in [-0.15, -0.1) is 5.23 Å². The predicted octanol–water partition coefficient (Wildman–Crippen LogP) is 1.50. The number of aliphatic imine (C=N–C) groups is 1. The Bertz CT molecular complexity index is 458. The van der Waals surface area contributed by atoms with Gasteiger partial charge in [0.2, 0.25) is 0 Å². The minimum Gasteiger partial charge on any atom is -0.769 e. The second-order valence-electron chi connectivity index (χ2n) is 2.86. The van der Waals surface area contributed by atoms with Crippen molar-refractivity contribution < 1.29 is 15.6 Å². The summed E-state index contributed by atoms with van der Waals surface area (Å²) >= 11 is 4.28. The molecule has 0 saturated heterocycles. The fourth-order valence-electron chi connectivity index (χ4n) is 1.15. The maximum Gasteiger partial charge on any atom is 0.127 e. The smallest absolute Gasteiger partial charge is 0.127 e. The van der Waals surface area contributed by atoms with Gasteiger partial charge in [-0.3, -0.25) is 15.6 Å². The molecular weight excluding hydrogens is 268 g/mol. The molecule has 10 nitrogen and oxygen atoms in total. The fourth-order valence-corrected chi connectivity index (χ4v) is 1.24. The Labute approximate surface area is 105 Å². The molecule has 0 fully saturated rings. The zero-order chi connectivity index (χ0) is 13.9. The molecule has 0 aliphatic heterocycles. The summed E-state index contributed by atoms with van der Waals surface area (Å²) in [5.74, 6) is 0. The second kappa shape index (κ2) is 5.68. The van der Waals surface area contributed by atoms with E-state index in [1.165, 1.54) is 0 Å². The van der Waals surface area contributed by atoms with E-state index in [9.17, 15) is 15.6 Å². The van der Waals surface area contributed by atoms with Crippen LogP contribution in [0.5, 0.6) is 0 Å². The van der Waals surface area contributed by atoms with E-state index in [1.54, 1.807) is 0 Å². The van der Waals surface area contributed by atoms with Crippen LogP contribution in [0.15, 0.2) is 17.1 Å². The van der Waals surface area contributed by atoms with Crippen LogP contribution in [-0.4, -0.2) is 20.8 Å². The van der Waals surface area contributed by atoms with Gasteiger partial charge < -0.3 is 26.1 Å². The van der Waals surface area contributed by atoms with Crippen LogP contribution < -0.4 is 15.7 Å². The minimum atomic E-state index is -0.898. The van der Waals surface area contributed by atoms with Crippen LogP contribution in [0.1, 0.15) is 0 Å². The number of thiocarbonyl (C=S) groups is 1. The van der Waals surface area contributed by atoms with Crippen molar-refractivity contribution in [2.45, 2.75) is 0 Å². The first kappa shape index (κ1) is 14.2. The summed E-state index contributed by atoms with van der Waals surface area (Å²) in [6, 6.07) is 1.41. The maximum atomic E-state index is 10.8. The number of rotatable bonds is 4. The molecule has 0 spiro atoms. The van der Waals surface area contributed by atoms with Crippen molar-refractivity contribution in [3.8, 4) is 0 Å². The first-order valence-electron chi connectivity index (χ1n) is 4.12. The second-order valence-corrected chi connectivity index (χ2v) is 3.04. The normalized spacial score (nSPS) is 9.67. The van der Waals surface area contributed by atoms with Crippen LogP contribution in [-0.2, 0) is 0 Å².